The predicted molar refractivity (Wildman–Crippen MR) is 87.0 cm³/mol. The molecule has 2 saturated carbocycles. The minimum absolute atomic E-state index is 0. The van der Waals surface area contributed by atoms with Gasteiger partial charge in [-0.2, -0.15) is 0 Å². The molecule has 4 amide bonds. The molecule has 0 bridgehead atoms. The monoisotopic (exact) mass is 344 g/mol. The highest BCUT2D eigenvalue weighted by Crippen LogP contribution is 2.39. The number of amides is 4. The lowest BCUT2D eigenvalue weighted by molar-refractivity contribution is -0.135. The van der Waals surface area contributed by atoms with Crippen molar-refractivity contribution in [3.63, 3.8) is 0 Å². The van der Waals surface area contributed by atoms with Crippen LogP contribution in [0.25, 0.3) is 0 Å². The maximum atomic E-state index is 12.5. The van der Waals surface area contributed by atoms with Crippen LogP contribution in [0.5, 0.6) is 0 Å². The molecule has 3 rings (SSSR count). The lowest BCUT2D eigenvalue weighted by Gasteiger charge is -2.30. The van der Waals surface area contributed by atoms with Gasteiger partial charge in [0.25, 0.3) is 5.91 Å². The number of nitrogens with one attached hydrogen (secondary N) is 2. The minimum atomic E-state index is -0.759. The molecule has 0 aromatic heterocycles. The summed E-state index contributed by atoms with van der Waals surface area (Å²) in [6.45, 7) is 2.05. The highest BCUT2D eigenvalue weighted by atomic mass is 35.5. The van der Waals surface area contributed by atoms with Gasteiger partial charge in [0.15, 0.2) is 0 Å². The number of carbonyl (C=O) groups is 3. The van der Waals surface area contributed by atoms with Gasteiger partial charge >= 0.3 is 6.03 Å². The number of nitrogens with zero attached hydrogens (tertiary/aromatic N) is 1. The van der Waals surface area contributed by atoms with Gasteiger partial charge in [-0.1, -0.05) is 12.8 Å². The molecule has 8 heteroatoms. The third kappa shape index (κ3) is 3.17. The molecule has 23 heavy (non-hydrogen) atoms. The van der Waals surface area contributed by atoms with Crippen LogP contribution in [0.4, 0.5) is 4.79 Å². The van der Waals surface area contributed by atoms with Crippen LogP contribution in [0.1, 0.15) is 45.4 Å². The van der Waals surface area contributed by atoms with Crippen molar-refractivity contribution in [2.24, 2.45) is 11.7 Å². The Bertz CT molecular complexity index is 517. The Labute approximate surface area is 142 Å². The van der Waals surface area contributed by atoms with Crippen molar-refractivity contribution >= 4 is 30.3 Å². The van der Waals surface area contributed by atoms with Crippen molar-refractivity contribution in [1.82, 2.24) is 15.5 Å². The average molecular weight is 345 g/mol. The number of hydrogen-bond acceptors (Lipinski definition) is 4. The molecule has 4 N–H and O–H groups in total. The van der Waals surface area contributed by atoms with Crippen LogP contribution in [-0.2, 0) is 9.59 Å². The summed E-state index contributed by atoms with van der Waals surface area (Å²) in [4.78, 5) is 37.9. The van der Waals surface area contributed by atoms with Gasteiger partial charge in [0.05, 0.1) is 5.54 Å². The molecule has 3 fully saturated rings. The van der Waals surface area contributed by atoms with Crippen LogP contribution < -0.4 is 16.4 Å². The van der Waals surface area contributed by atoms with Gasteiger partial charge in [-0.15, -0.1) is 12.4 Å². The Hall–Kier alpha value is -1.34. The first-order chi connectivity index (χ1) is 10.4. The van der Waals surface area contributed by atoms with E-state index in [-0.39, 0.29) is 30.8 Å². The molecule has 0 aromatic rings. The largest absolute Gasteiger partial charge is 0.348 e. The van der Waals surface area contributed by atoms with Crippen molar-refractivity contribution < 1.29 is 14.4 Å². The van der Waals surface area contributed by atoms with E-state index < -0.39 is 17.1 Å². The van der Waals surface area contributed by atoms with Crippen molar-refractivity contribution in [2.45, 2.75) is 56.5 Å². The Morgan fingerprint density at radius 2 is 2.00 bits per heavy atom. The summed E-state index contributed by atoms with van der Waals surface area (Å²) in [6, 6.07) is -0.456. The molecular weight excluding hydrogens is 320 g/mol. The molecule has 2 aliphatic carbocycles. The summed E-state index contributed by atoms with van der Waals surface area (Å²) < 4.78 is 0. The van der Waals surface area contributed by atoms with Gasteiger partial charge in [-0.25, -0.2) is 4.79 Å². The third-order valence-corrected chi connectivity index (χ3v) is 5.33. The highest BCUT2D eigenvalue weighted by molar-refractivity contribution is 6.09. The molecule has 1 heterocycles. The summed E-state index contributed by atoms with van der Waals surface area (Å²) in [5.41, 5.74) is 4.58. The summed E-state index contributed by atoms with van der Waals surface area (Å²) in [6.07, 6.45) is 5.30. The first kappa shape index (κ1) is 18.0. The molecule has 1 unspecified atom stereocenters. The molecule has 0 aromatic carbocycles. The van der Waals surface area contributed by atoms with Crippen LogP contribution in [0.3, 0.4) is 0 Å². The lowest BCUT2D eigenvalue weighted by atomic mass is 9.96. The van der Waals surface area contributed by atoms with Gasteiger partial charge < -0.3 is 16.4 Å². The fourth-order valence-corrected chi connectivity index (χ4v) is 3.68. The predicted octanol–water partition coefficient (Wildman–Crippen LogP) is 0.516. The van der Waals surface area contributed by atoms with Gasteiger partial charge in [-0.05, 0) is 38.5 Å². The maximum Gasteiger partial charge on any atom is 0.325 e. The van der Waals surface area contributed by atoms with E-state index in [9.17, 15) is 14.4 Å². The van der Waals surface area contributed by atoms with Crippen LogP contribution in [0.2, 0.25) is 0 Å². The number of carbonyl (C=O) groups excluding carboxylic acids is 3. The highest BCUT2D eigenvalue weighted by Gasteiger charge is 2.53. The molecule has 7 nitrogen and oxygen atoms in total. The summed E-state index contributed by atoms with van der Waals surface area (Å²) in [5.74, 6) is -0.185. The third-order valence-electron chi connectivity index (χ3n) is 5.33. The van der Waals surface area contributed by atoms with Gasteiger partial charge in [0, 0.05) is 6.54 Å². The minimum Gasteiger partial charge on any atom is -0.348 e. The zero-order valence-electron chi connectivity index (χ0n) is 13.4. The second kappa shape index (κ2) is 6.28. The molecule has 1 atom stereocenters. The van der Waals surface area contributed by atoms with E-state index in [0.29, 0.717) is 25.3 Å². The second-order valence-electron chi connectivity index (χ2n) is 7.05. The normalized spacial score (nSPS) is 25.0. The Morgan fingerprint density at radius 3 is 2.52 bits per heavy atom. The molecule has 0 radical (unpaired) electrons. The topological polar surface area (TPSA) is 105 Å². The number of nitrogens with two attached hydrogens (primary N) is 1. The Balaban J connectivity index is 0.00000192. The van der Waals surface area contributed by atoms with E-state index in [4.69, 9.17) is 5.73 Å². The lowest BCUT2D eigenvalue weighted by Crippen LogP contribution is -2.56. The smallest absolute Gasteiger partial charge is 0.325 e. The van der Waals surface area contributed by atoms with Crippen LogP contribution in [0.15, 0.2) is 0 Å². The zero-order chi connectivity index (χ0) is 16.0. The molecule has 3 aliphatic rings. The Morgan fingerprint density at radius 1 is 1.39 bits per heavy atom. The fraction of sp³-hybridized carbons (Fsp3) is 0.800. The number of urea groups is 1. The van der Waals surface area contributed by atoms with Crippen molar-refractivity contribution in [3.05, 3.63) is 0 Å². The standard InChI is InChI=1S/C15H24N4O3.ClH/c1-14(9-16,10-4-5-10)17-11(20)8-19-12(21)15(18-13(19)22)6-2-3-7-15;/h10H,2-9,16H2,1H3,(H,17,20)(H,18,22);1H. The van der Waals surface area contributed by atoms with E-state index in [2.05, 4.69) is 10.6 Å². The molecule has 130 valence electrons. The number of hydrogen-bond donors (Lipinski definition) is 3. The van der Waals surface area contributed by atoms with Crippen LogP contribution in [0, 0.1) is 5.92 Å². The van der Waals surface area contributed by atoms with Gasteiger partial charge in [0.2, 0.25) is 5.91 Å². The molecule has 1 spiro atoms. The maximum absolute atomic E-state index is 12.5. The summed E-state index contributed by atoms with van der Waals surface area (Å²) in [5, 5.41) is 5.69. The van der Waals surface area contributed by atoms with E-state index in [1.54, 1.807) is 0 Å². The summed E-state index contributed by atoms with van der Waals surface area (Å²) in [7, 11) is 0. The molecular formula is C15H25ClN4O3. The number of rotatable bonds is 5. The zero-order valence-corrected chi connectivity index (χ0v) is 14.2. The van der Waals surface area contributed by atoms with Crippen molar-refractivity contribution in [2.75, 3.05) is 13.1 Å². The molecule has 1 aliphatic heterocycles. The number of halogens is 1. The summed E-state index contributed by atoms with van der Waals surface area (Å²) >= 11 is 0. The number of imide groups is 1. The van der Waals surface area contributed by atoms with E-state index >= 15 is 0 Å². The van der Waals surface area contributed by atoms with E-state index in [1.807, 2.05) is 6.92 Å². The van der Waals surface area contributed by atoms with Crippen molar-refractivity contribution in [3.8, 4) is 0 Å². The average Bonchev–Trinajstić information content (AvgIpc) is 3.20. The molecule has 1 saturated heterocycles. The first-order valence-electron chi connectivity index (χ1n) is 8.05. The van der Waals surface area contributed by atoms with Crippen LogP contribution in [-0.4, -0.2) is 46.9 Å². The van der Waals surface area contributed by atoms with Crippen molar-refractivity contribution in [1.29, 1.82) is 0 Å². The SMILES string of the molecule is CC(CN)(NC(=O)CN1C(=O)NC2(CCCC2)C1=O)C1CC1.Cl. The quantitative estimate of drug-likeness (QED) is 0.632. The van der Waals surface area contributed by atoms with E-state index in [0.717, 1.165) is 30.6 Å². The Kier molecular flexibility index (Phi) is 4.92. The van der Waals surface area contributed by atoms with E-state index in [1.165, 1.54) is 0 Å². The van der Waals surface area contributed by atoms with Gasteiger partial charge in [0.1, 0.15) is 12.1 Å². The second-order valence-corrected chi connectivity index (χ2v) is 7.05. The van der Waals surface area contributed by atoms with Gasteiger partial charge in [-0.3, -0.25) is 14.5 Å². The fourth-order valence-electron chi connectivity index (χ4n) is 3.68. The van der Waals surface area contributed by atoms with Crippen LogP contribution >= 0.6 is 12.4 Å². The first-order valence-corrected chi connectivity index (χ1v) is 8.05.